The maximum atomic E-state index is 11.6. The van der Waals surface area contributed by atoms with Crippen LogP contribution in [-0.2, 0) is 17.9 Å². The van der Waals surface area contributed by atoms with Crippen molar-refractivity contribution in [2.24, 2.45) is 0 Å². The average molecular weight is 461 g/mol. The summed E-state index contributed by atoms with van der Waals surface area (Å²) in [6.07, 6.45) is 4.64. The van der Waals surface area contributed by atoms with Crippen LogP contribution in [0.2, 0.25) is 0 Å². The Morgan fingerprint density at radius 1 is 0.886 bits per heavy atom. The summed E-state index contributed by atoms with van der Waals surface area (Å²) >= 11 is 0. The van der Waals surface area contributed by atoms with Gasteiger partial charge in [0.1, 0.15) is 12.3 Å². The third kappa shape index (κ3) is 5.00. The maximum Gasteiger partial charge on any atom is 0.146 e. The van der Waals surface area contributed by atoms with E-state index in [1.807, 2.05) is 31.3 Å². The van der Waals surface area contributed by atoms with Crippen LogP contribution in [-0.4, -0.2) is 18.3 Å². The molecule has 0 saturated carbocycles. The monoisotopic (exact) mass is 460 g/mol. The number of aldehydes is 1. The molecule has 0 fully saturated rings. The Morgan fingerprint density at radius 3 is 2.23 bits per heavy atom. The molecule has 1 aliphatic rings. The largest absolute Gasteiger partial charge is 0.388 e. The van der Waals surface area contributed by atoms with Crippen molar-refractivity contribution in [2.45, 2.75) is 19.1 Å². The lowest BCUT2D eigenvalue weighted by Crippen LogP contribution is -2.21. The fourth-order valence-electron chi connectivity index (χ4n) is 4.34. The highest BCUT2D eigenvalue weighted by atomic mass is 16.1. The molecule has 0 aliphatic carbocycles. The van der Waals surface area contributed by atoms with Crippen molar-refractivity contribution in [2.75, 3.05) is 12.4 Å². The highest BCUT2D eigenvalue weighted by Gasteiger charge is 2.21. The zero-order chi connectivity index (χ0) is 24.0. The summed E-state index contributed by atoms with van der Waals surface area (Å²) in [4.78, 5) is 16.6. The average Bonchev–Trinajstić information content (AvgIpc) is 2.93. The van der Waals surface area contributed by atoms with Gasteiger partial charge in [0.05, 0.1) is 11.4 Å². The number of nitrogens with zero attached hydrogens (tertiary/aromatic N) is 1. The van der Waals surface area contributed by atoms with Gasteiger partial charge in [0, 0.05) is 42.5 Å². The number of hydrogen-bond donors (Lipinski definition) is 3. The lowest BCUT2D eigenvalue weighted by Gasteiger charge is -2.21. The zero-order valence-electron chi connectivity index (χ0n) is 19.7. The number of carbonyl (C=O) groups is 1. The molecule has 1 aromatic heterocycles. The van der Waals surface area contributed by atoms with E-state index in [2.05, 4.69) is 82.7 Å². The van der Waals surface area contributed by atoms with Gasteiger partial charge < -0.3 is 20.7 Å². The van der Waals surface area contributed by atoms with E-state index >= 15 is 0 Å². The molecule has 0 amide bonds. The second-order valence-electron chi connectivity index (χ2n) is 8.59. The van der Waals surface area contributed by atoms with Crippen molar-refractivity contribution in [3.05, 3.63) is 114 Å². The lowest BCUT2D eigenvalue weighted by molar-refractivity contribution is -0.109. The van der Waals surface area contributed by atoms with Gasteiger partial charge in [0.25, 0.3) is 0 Å². The fourth-order valence-corrected chi connectivity index (χ4v) is 4.34. The Morgan fingerprint density at radius 2 is 1.57 bits per heavy atom. The van der Waals surface area contributed by atoms with E-state index in [1.165, 1.54) is 11.1 Å². The van der Waals surface area contributed by atoms with E-state index in [0.29, 0.717) is 0 Å². The number of rotatable bonds is 8. The van der Waals surface area contributed by atoms with Crippen molar-refractivity contribution < 1.29 is 4.79 Å². The number of fused-ring (bicyclic) bond motifs is 1. The lowest BCUT2D eigenvalue weighted by atomic mass is 9.93. The first-order valence-corrected chi connectivity index (χ1v) is 11.8. The first-order valence-electron chi connectivity index (χ1n) is 11.8. The first-order chi connectivity index (χ1) is 17.2. The Hall–Kier alpha value is -4.22. The van der Waals surface area contributed by atoms with E-state index in [-0.39, 0.29) is 6.04 Å². The van der Waals surface area contributed by atoms with Crippen LogP contribution >= 0.6 is 0 Å². The van der Waals surface area contributed by atoms with E-state index in [9.17, 15) is 4.79 Å². The van der Waals surface area contributed by atoms with Crippen LogP contribution in [0.4, 0.5) is 5.69 Å². The third-order valence-electron chi connectivity index (χ3n) is 6.28. The Balaban J connectivity index is 1.39. The van der Waals surface area contributed by atoms with Gasteiger partial charge in [0.2, 0.25) is 0 Å². The molecule has 3 N–H and O–H groups in total. The highest BCUT2D eigenvalue weighted by molar-refractivity contribution is 5.84. The van der Waals surface area contributed by atoms with Crippen LogP contribution < -0.4 is 16.0 Å². The third-order valence-corrected chi connectivity index (χ3v) is 6.28. The Bertz CT molecular complexity index is 1330. The number of benzene rings is 3. The Labute approximate surface area is 205 Å². The number of carbonyl (C=O) groups excluding carboxylic acids is 1. The minimum absolute atomic E-state index is 0.387. The topological polar surface area (TPSA) is 66.0 Å². The maximum absolute atomic E-state index is 11.6. The molecule has 1 aliphatic heterocycles. The smallest absolute Gasteiger partial charge is 0.146 e. The summed E-state index contributed by atoms with van der Waals surface area (Å²) in [7, 11) is 1.93. The van der Waals surface area contributed by atoms with E-state index in [0.717, 1.165) is 58.7 Å². The zero-order valence-corrected chi connectivity index (χ0v) is 19.7. The van der Waals surface area contributed by atoms with Crippen molar-refractivity contribution in [1.29, 1.82) is 0 Å². The van der Waals surface area contributed by atoms with Gasteiger partial charge >= 0.3 is 0 Å². The minimum Gasteiger partial charge on any atom is -0.388 e. The van der Waals surface area contributed by atoms with Crippen molar-refractivity contribution in [3.63, 3.8) is 0 Å². The van der Waals surface area contributed by atoms with E-state index in [1.54, 1.807) is 6.20 Å². The van der Waals surface area contributed by atoms with Crippen LogP contribution in [0, 0.1) is 0 Å². The van der Waals surface area contributed by atoms with Gasteiger partial charge in [0.15, 0.2) is 0 Å². The normalized spacial score (nSPS) is 14.1. The number of anilines is 1. The predicted molar refractivity (Wildman–Crippen MR) is 143 cm³/mol. The Kier molecular flexibility index (Phi) is 6.68. The van der Waals surface area contributed by atoms with Crippen molar-refractivity contribution in [3.8, 4) is 22.4 Å². The molecular formula is C30H28N4O. The molecule has 0 bridgehead atoms. The molecule has 5 rings (SSSR count). The molecule has 5 heteroatoms. The number of pyridine rings is 1. The molecule has 0 radical (unpaired) electrons. The minimum atomic E-state index is -0.387. The van der Waals surface area contributed by atoms with Crippen molar-refractivity contribution in [1.82, 2.24) is 15.6 Å². The summed E-state index contributed by atoms with van der Waals surface area (Å²) in [6.45, 7) is 1.60. The standard InChI is InChI=1S/C30H28N4O/c1-31-25-13-9-22(10-14-25)19-32-18-21-7-11-24(12-8-21)30-26(23-5-3-2-4-6-23)17-27-28(34-30)15-16-33-29(27)20-35/h2-17,20,29,31-33H,18-19H2,1H3. The second-order valence-corrected chi connectivity index (χ2v) is 8.59. The molecule has 4 aromatic rings. The van der Waals surface area contributed by atoms with Gasteiger partial charge in [-0.3, -0.25) is 0 Å². The van der Waals surface area contributed by atoms with Gasteiger partial charge in [-0.1, -0.05) is 66.7 Å². The van der Waals surface area contributed by atoms with Crippen LogP contribution in [0.5, 0.6) is 0 Å². The molecule has 35 heavy (non-hydrogen) atoms. The van der Waals surface area contributed by atoms with E-state index in [4.69, 9.17) is 4.98 Å². The van der Waals surface area contributed by atoms with Crippen LogP contribution in [0.25, 0.3) is 28.5 Å². The molecule has 1 atom stereocenters. The highest BCUT2D eigenvalue weighted by Crippen LogP contribution is 2.35. The summed E-state index contributed by atoms with van der Waals surface area (Å²) in [5.74, 6) is 0. The molecule has 0 spiro atoms. The van der Waals surface area contributed by atoms with Gasteiger partial charge in [-0.25, -0.2) is 4.98 Å². The first kappa shape index (κ1) is 22.6. The number of hydrogen-bond acceptors (Lipinski definition) is 5. The fraction of sp³-hybridized carbons (Fsp3) is 0.133. The number of aromatic nitrogens is 1. The number of nitrogens with one attached hydrogen (secondary N) is 3. The van der Waals surface area contributed by atoms with Gasteiger partial charge in [-0.2, -0.15) is 0 Å². The van der Waals surface area contributed by atoms with Gasteiger partial charge in [-0.05, 0) is 47.2 Å². The summed E-state index contributed by atoms with van der Waals surface area (Å²) < 4.78 is 0. The van der Waals surface area contributed by atoms with Gasteiger partial charge in [-0.15, -0.1) is 0 Å². The van der Waals surface area contributed by atoms with Crippen LogP contribution in [0.1, 0.15) is 28.4 Å². The molecule has 0 saturated heterocycles. The summed E-state index contributed by atoms with van der Waals surface area (Å²) in [5, 5.41) is 9.77. The molecule has 3 aromatic carbocycles. The van der Waals surface area contributed by atoms with Crippen LogP contribution in [0.15, 0.2) is 91.1 Å². The predicted octanol–water partition coefficient (Wildman–Crippen LogP) is 5.56. The molecule has 1 unspecified atom stereocenters. The summed E-state index contributed by atoms with van der Waals surface area (Å²) in [6, 6.07) is 28.9. The SMILES string of the molecule is CNc1ccc(CNCc2ccc(-c3nc4c(cc3-c3ccccc3)C(C=O)NC=C4)cc2)cc1. The van der Waals surface area contributed by atoms with E-state index < -0.39 is 0 Å². The second kappa shape index (κ2) is 10.4. The molecule has 5 nitrogen and oxygen atoms in total. The molecule has 2 heterocycles. The van der Waals surface area contributed by atoms with Crippen molar-refractivity contribution >= 4 is 18.0 Å². The molecule has 174 valence electrons. The quantitative estimate of drug-likeness (QED) is 0.300. The molecular weight excluding hydrogens is 432 g/mol. The summed E-state index contributed by atoms with van der Waals surface area (Å²) in [5.41, 5.74) is 9.36. The van der Waals surface area contributed by atoms with Crippen LogP contribution in [0.3, 0.4) is 0 Å².